The Labute approximate surface area is 90.8 Å². The number of thiol groups is 1. The molecule has 0 aliphatic rings. The number of rotatable bonds is 5. The van der Waals surface area contributed by atoms with Crippen molar-refractivity contribution in [1.29, 1.82) is 0 Å². The quantitative estimate of drug-likeness (QED) is 0.586. The molecule has 1 heterocycles. The van der Waals surface area contributed by atoms with Gasteiger partial charge in [0.05, 0.1) is 6.20 Å². The zero-order valence-corrected chi connectivity index (χ0v) is 9.61. The average molecular weight is 211 g/mol. The van der Waals surface area contributed by atoms with Gasteiger partial charge in [-0.25, -0.2) is 0 Å². The largest absolute Gasteiger partial charge is 0.298 e. The Morgan fingerprint density at radius 3 is 2.93 bits per heavy atom. The summed E-state index contributed by atoms with van der Waals surface area (Å²) in [5.74, 6) is 0.806. The van der Waals surface area contributed by atoms with E-state index in [1.807, 2.05) is 24.1 Å². The Kier molecular flexibility index (Phi) is 4.76. The van der Waals surface area contributed by atoms with E-state index in [1.54, 1.807) is 0 Å². The minimum Gasteiger partial charge on any atom is -0.298 e. The Bertz CT molecular complexity index is 293. The van der Waals surface area contributed by atoms with Crippen molar-refractivity contribution in [3.05, 3.63) is 30.1 Å². The predicted molar refractivity (Wildman–Crippen MR) is 62.5 cm³/mol. The lowest BCUT2D eigenvalue weighted by Crippen LogP contribution is -2.17. The first-order chi connectivity index (χ1) is 6.72. The van der Waals surface area contributed by atoms with Crippen LogP contribution in [-0.4, -0.2) is 34.0 Å². The van der Waals surface area contributed by atoms with Gasteiger partial charge in [-0.05, 0) is 7.05 Å². The van der Waals surface area contributed by atoms with Gasteiger partial charge in [0, 0.05) is 37.7 Å². The summed E-state index contributed by atoms with van der Waals surface area (Å²) in [6.07, 6.45) is 8.13. The van der Waals surface area contributed by atoms with Crippen molar-refractivity contribution in [2.45, 2.75) is 6.54 Å². The second-order valence-corrected chi connectivity index (χ2v) is 3.74. The van der Waals surface area contributed by atoms with Gasteiger partial charge in [0.2, 0.25) is 0 Å². The normalized spacial score (nSPS) is 11.7. The lowest BCUT2D eigenvalue weighted by Gasteiger charge is -2.12. The third-order valence-electron chi connectivity index (χ3n) is 1.90. The highest BCUT2D eigenvalue weighted by molar-refractivity contribution is 7.80. The van der Waals surface area contributed by atoms with Crippen LogP contribution in [0.25, 0.3) is 0 Å². The van der Waals surface area contributed by atoms with E-state index in [0.717, 1.165) is 18.8 Å². The summed E-state index contributed by atoms with van der Waals surface area (Å²) in [7, 11) is 4.03. The molecule has 0 bridgehead atoms. The van der Waals surface area contributed by atoms with Crippen molar-refractivity contribution in [2.24, 2.45) is 7.05 Å². The minimum absolute atomic E-state index is 0.806. The molecule has 0 aliphatic heterocycles. The summed E-state index contributed by atoms with van der Waals surface area (Å²) < 4.78 is 1.83. The fourth-order valence-corrected chi connectivity index (χ4v) is 1.41. The van der Waals surface area contributed by atoms with Crippen LogP contribution in [0.2, 0.25) is 0 Å². The summed E-state index contributed by atoms with van der Waals surface area (Å²) in [6, 6.07) is 0. The standard InChI is InChI=1S/C10H17N3S/c1-12(5-3-4-6-14)8-10-7-11-13(2)9-10/h3-4,7,9,14H,5-6,8H2,1-2H3. The lowest BCUT2D eigenvalue weighted by atomic mass is 10.3. The number of aromatic nitrogens is 2. The smallest absolute Gasteiger partial charge is 0.0534 e. The molecule has 3 nitrogen and oxygen atoms in total. The molecule has 1 aromatic rings. The van der Waals surface area contributed by atoms with Crippen LogP contribution in [-0.2, 0) is 13.6 Å². The molecule has 0 fully saturated rings. The van der Waals surface area contributed by atoms with Crippen molar-refractivity contribution in [1.82, 2.24) is 14.7 Å². The van der Waals surface area contributed by atoms with E-state index < -0.39 is 0 Å². The molecule has 0 spiro atoms. The molecule has 1 aromatic heterocycles. The fraction of sp³-hybridized carbons (Fsp3) is 0.500. The highest BCUT2D eigenvalue weighted by Gasteiger charge is 1.99. The Balaban J connectivity index is 2.33. The topological polar surface area (TPSA) is 21.1 Å². The van der Waals surface area contributed by atoms with Gasteiger partial charge in [-0.15, -0.1) is 0 Å². The minimum atomic E-state index is 0.806. The first-order valence-electron chi connectivity index (χ1n) is 4.64. The molecule has 0 amide bonds. The average Bonchev–Trinajstić information content (AvgIpc) is 2.52. The van der Waals surface area contributed by atoms with Crippen LogP contribution in [0.4, 0.5) is 0 Å². The van der Waals surface area contributed by atoms with Crippen LogP contribution in [0, 0.1) is 0 Å². The number of likely N-dealkylation sites (N-methyl/N-ethyl adjacent to an activating group) is 1. The summed E-state index contributed by atoms with van der Waals surface area (Å²) in [5.41, 5.74) is 1.24. The van der Waals surface area contributed by atoms with Crippen LogP contribution in [0.5, 0.6) is 0 Å². The third kappa shape index (κ3) is 3.98. The molecular formula is C10H17N3S. The summed E-state index contributed by atoms with van der Waals surface area (Å²) in [6.45, 7) is 1.89. The molecule has 4 heteroatoms. The molecule has 0 atom stereocenters. The van der Waals surface area contributed by atoms with Gasteiger partial charge < -0.3 is 0 Å². The highest BCUT2D eigenvalue weighted by Crippen LogP contribution is 2.00. The summed E-state index contributed by atoms with van der Waals surface area (Å²) in [5, 5.41) is 4.13. The van der Waals surface area contributed by atoms with E-state index in [4.69, 9.17) is 0 Å². The van der Waals surface area contributed by atoms with Crippen molar-refractivity contribution in [3.8, 4) is 0 Å². The van der Waals surface area contributed by atoms with E-state index in [9.17, 15) is 0 Å². The molecule has 0 saturated heterocycles. The monoisotopic (exact) mass is 211 g/mol. The van der Waals surface area contributed by atoms with Gasteiger partial charge in [0.15, 0.2) is 0 Å². The first kappa shape index (κ1) is 11.3. The Hall–Kier alpha value is -0.740. The van der Waals surface area contributed by atoms with Crippen molar-refractivity contribution in [3.63, 3.8) is 0 Å². The maximum atomic E-state index is 4.13. The molecule has 0 saturated carbocycles. The Morgan fingerprint density at radius 2 is 2.36 bits per heavy atom. The van der Waals surface area contributed by atoms with E-state index in [-0.39, 0.29) is 0 Å². The second kappa shape index (κ2) is 5.88. The van der Waals surface area contributed by atoms with E-state index >= 15 is 0 Å². The number of aryl methyl sites for hydroxylation is 1. The van der Waals surface area contributed by atoms with Gasteiger partial charge in [0.25, 0.3) is 0 Å². The SMILES string of the molecule is CN(CC=CCS)Cc1cnn(C)c1. The zero-order chi connectivity index (χ0) is 10.4. The van der Waals surface area contributed by atoms with Crippen molar-refractivity contribution < 1.29 is 0 Å². The van der Waals surface area contributed by atoms with E-state index in [1.165, 1.54) is 5.56 Å². The molecule has 0 radical (unpaired) electrons. The second-order valence-electron chi connectivity index (χ2n) is 3.37. The third-order valence-corrected chi connectivity index (χ3v) is 2.11. The number of nitrogens with zero attached hydrogens (tertiary/aromatic N) is 3. The molecule has 78 valence electrons. The van der Waals surface area contributed by atoms with Crippen LogP contribution < -0.4 is 0 Å². The molecule has 0 N–H and O–H groups in total. The van der Waals surface area contributed by atoms with E-state index in [0.29, 0.717) is 0 Å². The molecule has 1 rings (SSSR count). The van der Waals surface area contributed by atoms with Gasteiger partial charge in [-0.3, -0.25) is 9.58 Å². The van der Waals surface area contributed by atoms with Crippen LogP contribution in [0.1, 0.15) is 5.56 Å². The summed E-state index contributed by atoms with van der Waals surface area (Å²) in [4.78, 5) is 2.23. The highest BCUT2D eigenvalue weighted by atomic mass is 32.1. The number of hydrogen-bond acceptors (Lipinski definition) is 3. The zero-order valence-electron chi connectivity index (χ0n) is 8.72. The van der Waals surface area contributed by atoms with Gasteiger partial charge >= 0.3 is 0 Å². The van der Waals surface area contributed by atoms with Crippen LogP contribution >= 0.6 is 12.6 Å². The van der Waals surface area contributed by atoms with Crippen molar-refractivity contribution in [2.75, 3.05) is 19.3 Å². The first-order valence-corrected chi connectivity index (χ1v) is 5.27. The van der Waals surface area contributed by atoms with Crippen molar-refractivity contribution >= 4 is 12.6 Å². The molecule has 14 heavy (non-hydrogen) atoms. The molecule has 0 aromatic carbocycles. The maximum absolute atomic E-state index is 4.13. The van der Waals surface area contributed by atoms with Gasteiger partial charge in [-0.2, -0.15) is 17.7 Å². The predicted octanol–water partition coefficient (Wildman–Crippen LogP) is 1.34. The summed E-state index contributed by atoms with van der Waals surface area (Å²) >= 11 is 4.11. The van der Waals surface area contributed by atoms with Gasteiger partial charge in [0.1, 0.15) is 0 Å². The van der Waals surface area contributed by atoms with Crippen LogP contribution in [0.15, 0.2) is 24.5 Å². The number of hydrogen-bond donors (Lipinski definition) is 1. The van der Waals surface area contributed by atoms with Crippen LogP contribution in [0.3, 0.4) is 0 Å². The maximum Gasteiger partial charge on any atom is 0.0534 e. The van der Waals surface area contributed by atoms with Gasteiger partial charge in [-0.1, -0.05) is 12.2 Å². The molecular weight excluding hydrogens is 194 g/mol. The Morgan fingerprint density at radius 1 is 1.57 bits per heavy atom. The lowest BCUT2D eigenvalue weighted by molar-refractivity contribution is 0.363. The van der Waals surface area contributed by atoms with E-state index in [2.05, 4.69) is 41.8 Å². The molecule has 0 aliphatic carbocycles. The fourth-order valence-electron chi connectivity index (χ4n) is 1.26. The molecule has 0 unspecified atom stereocenters.